The molecule has 0 aliphatic rings. The summed E-state index contributed by atoms with van der Waals surface area (Å²) in [6, 6.07) is 10.8. The number of rotatable bonds is 6. The molecule has 0 heterocycles. The van der Waals surface area contributed by atoms with E-state index in [-0.39, 0.29) is 5.69 Å². The number of halogens is 1. The second-order valence-corrected chi connectivity index (χ2v) is 8.15. The minimum absolute atomic E-state index is 0.204. The fourth-order valence-corrected chi connectivity index (χ4v) is 3.90. The number of aryl methyl sites for hydroxylation is 1. The van der Waals surface area contributed by atoms with Gasteiger partial charge in [-0.3, -0.25) is 9.10 Å². The van der Waals surface area contributed by atoms with Gasteiger partial charge in [0.05, 0.1) is 19.1 Å². The fraction of sp³-hybridized carbons (Fsp3) is 0.278. The van der Waals surface area contributed by atoms with Crippen LogP contribution < -0.4 is 14.4 Å². The Kier molecular flexibility index (Phi) is 6.15. The molecule has 2 rings (SSSR count). The van der Waals surface area contributed by atoms with Gasteiger partial charge in [-0.2, -0.15) is 0 Å². The van der Waals surface area contributed by atoms with Crippen molar-refractivity contribution in [3.05, 3.63) is 53.1 Å². The zero-order chi connectivity index (χ0) is 19.5. The van der Waals surface area contributed by atoms with E-state index in [1.807, 2.05) is 19.1 Å². The number of benzene rings is 2. The van der Waals surface area contributed by atoms with Gasteiger partial charge in [0.25, 0.3) is 0 Å². The predicted octanol–water partition coefficient (Wildman–Crippen LogP) is 3.45. The summed E-state index contributed by atoms with van der Waals surface area (Å²) >= 11 is 6.03. The van der Waals surface area contributed by atoms with Crippen molar-refractivity contribution < 1.29 is 17.9 Å². The van der Waals surface area contributed by atoms with Crippen molar-refractivity contribution in [1.82, 2.24) is 0 Å². The van der Waals surface area contributed by atoms with Crippen LogP contribution in [0, 0.1) is 6.92 Å². The van der Waals surface area contributed by atoms with Gasteiger partial charge in [-0.05, 0) is 43.7 Å². The highest BCUT2D eigenvalue weighted by atomic mass is 35.5. The van der Waals surface area contributed by atoms with Crippen molar-refractivity contribution >= 4 is 38.9 Å². The van der Waals surface area contributed by atoms with Crippen LogP contribution >= 0.6 is 11.6 Å². The van der Waals surface area contributed by atoms with Gasteiger partial charge in [0.2, 0.25) is 15.9 Å². The molecule has 0 aliphatic carbocycles. The number of sulfonamides is 1. The maximum absolute atomic E-state index is 12.7. The van der Waals surface area contributed by atoms with E-state index in [2.05, 4.69) is 5.32 Å². The number of carbonyl (C=O) groups excluding carboxylic acids is 1. The first-order valence-corrected chi connectivity index (χ1v) is 10.1. The van der Waals surface area contributed by atoms with Crippen LogP contribution in [0.15, 0.2) is 42.5 Å². The Balaban J connectivity index is 2.43. The lowest BCUT2D eigenvalue weighted by Crippen LogP contribution is -2.45. The van der Waals surface area contributed by atoms with Crippen LogP contribution in [-0.4, -0.2) is 33.7 Å². The molecule has 0 aromatic heterocycles. The molecule has 140 valence electrons. The SMILES string of the molecule is COc1ccc(Cl)cc1N([C@@H](C)C(=O)Nc1ccccc1C)S(C)(=O)=O. The second-order valence-electron chi connectivity index (χ2n) is 5.86. The monoisotopic (exact) mass is 396 g/mol. The van der Waals surface area contributed by atoms with Gasteiger partial charge < -0.3 is 10.1 Å². The molecule has 1 N–H and O–H groups in total. The van der Waals surface area contributed by atoms with Gasteiger partial charge in [0, 0.05) is 10.7 Å². The Bertz CT molecular complexity index is 915. The molecule has 0 radical (unpaired) electrons. The lowest BCUT2D eigenvalue weighted by molar-refractivity contribution is -0.116. The number of methoxy groups -OCH3 is 1. The maximum Gasteiger partial charge on any atom is 0.248 e. The minimum Gasteiger partial charge on any atom is -0.495 e. The Hall–Kier alpha value is -2.25. The quantitative estimate of drug-likeness (QED) is 0.811. The highest BCUT2D eigenvalue weighted by Crippen LogP contribution is 2.34. The summed E-state index contributed by atoms with van der Waals surface area (Å²) in [6.45, 7) is 3.36. The number of hydrogen-bond donors (Lipinski definition) is 1. The molecule has 1 atom stereocenters. The third kappa shape index (κ3) is 4.47. The Morgan fingerprint density at radius 3 is 2.46 bits per heavy atom. The average Bonchev–Trinajstić information content (AvgIpc) is 2.56. The molecule has 0 saturated carbocycles. The van der Waals surface area contributed by atoms with Gasteiger partial charge in [-0.1, -0.05) is 29.8 Å². The molecule has 0 bridgehead atoms. The molecule has 0 aliphatic heterocycles. The third-order valence-corrected chi connectivity index (χ3v) is 5.33. The van der Waals surface area contributed by atoms with Crippen molar-refractivity contribution in [2.24, 2.45) is 0 Å². The van der Waals surface area contributed by atoms with Crippen molar-refractivity contribution in [1.29, 1.82) is 0 Å². The Morgan fingerprint density at radius 2 is 1.88 bits per heavy atom. The zero-order valence-electron chi connectivity index (χ0n) is 15.0. The first-order valence-electron chi connectivity index (χ1n) is 7.84. The van der Waals surface area contributed by atoms with E-state index in [0.29, 0.717) is 16.5 Å². The van der Waals surface area contributed by atoms with Crippen molar-refractivity contribution in [2.75, 3.05) is 23.0 Å². The van der Waals surface area contributed by atoms with Gasteiger partial charge in [-0.25, -0.2) is 8.42 Å². The molecule has 8 heteroatoms. The predicted molar refractivity (Wildman–Crippen MR) is 105 cm³/mol. The molecule has 0 unspecified atom stereocenters. The number of hydrogen-bond acceptors (Lipinski definition) is 4. The Labute approximate surface area is 158 Å². The molecule has 0 spiro atoms. The second kappa shape index (κ2) is 7.97. The minimum atomic E-state index is -3.78. The first-order chi connectivity index (χ1) is 12.1. The lowest BCUT2D eigenvalue weighted by atomic mass is 10.2. The molecule has 1 amide bonds. The van der Waals surface area contributed by atoms with Crippen LogP contribution in [0.25, 0.3) is 0 Å². The van der Waals surface area contributed by atoms with Gasteiger partial charge >= 0.3 is 0 Å². The molecular formula is C18H21ClN2O4S. The third-order valence-electron chi connectivity index (χ3n) is 3.87. The van der Waals surface area contributed by atoms with E-state index >= 15 is 0 Å². The van der Waals surface area contributed by atoms with Crippen molar-refractivity contribution in [3.63, 3.8) is 0 Å². The van der Waals surface area contributed by atoms with Crippen LogP contribution in [-0.2, 0) is 14.8 Å². The largest absolute Gasteiger partial charge is 0.495 e. The Morgan fingerprint density at radius 1 is 1.23 bits per heavy atom. The summed E-state index contributed by atoms with van der Waals surface area (Å²) in [5, 5.41) is 3.10. The molecule has 2 aromatic carbocycles. The zero-order valence-corrected chi connectivity index (χ0v) is 16.6. The summed E-state index contributed by atoms with van der Waals surface area (Å²) in [4.78, 5) is 12.7. The first kappa shape index (κ1) is 20.1. The maximum atomic E-state index is 12.7. The molecule has 2 aromatic rings. The van der Waals surface area contributed by atoms with E-state index in [1.54, 1.807) is 24.3 Å². The van der Waals surface area contributed by atoms with Crippen LogP contribution in [0.3, 0.4) is 0 Å². The van der Waals surface area contributed by atoms with Crippen LogP contribution in [0.5, 0.6) is 5.75 Å². The van der Waals surface area contributed by atoms with Crippen LogP contribution in [0.4, 0.5) is 11.4 Å². The number of nitrogens with zero attached hydrogens (tertiary/aromatic N) is 1. The highest BCUT2D eigenvalue weighted by molar-refractivity contribution is 7.92. The standard InChI is InChI=1S/C18H21ClN2O4S/c1-12-7-5-6-8-15(12)20-18(22)13(2)21(26(4,23)24)16-11-14(19)9-10-17(16)25-3/h5-11,13H,1-4H3,(H,20,22)/t13-/m0/s1. The normalized spacial score (nSPS) is 12.3. The van der Waals surface area contributed by atoms with Crippen molar-refractivity contribution in [3.8, 4) is 5.75 Å². The number of amides is 1. The summed E-state index contributed by atoms with van der Waals surface area (Å²) in [6.07, 6.45) is 1.03. The molecule has 0 saturated heterocycles. The number of para-hydroxylation sites is 1. The number of nitrogens with one attached hydrogen (secondary N) is 1. The summed E-state index contributed by atoms with van der Waals surface area (Å²) < 4.78 is 31.1. The molecule has 6 nitrogen and oxygen atoms in total. The smallest absolute Gasteiger partial charge is 0.248 e. The molecule has 26 heavy (non-hydrogen) atoms. The van der Waals surface area contributed by atoms with E-state index in [1.165, 1.54) is 20.1 Å². The van der Waals surface area contributed by atoms with Gasteiger partial charge in [-0.15, -0.1) is 0 Å². The summed E-state index contributed by atoms with van der Waals surface area (Å²) in [5.74, 6) is -0.165. The summed E-state index contributed by atoms with van der Waals surface area (Å²) in [5.41, 5.74) is 1.70. The van der Waals surface area contributed by atoms with Crippen LogP contribution in [0.1, 0.15) is 12.5 Å². The number of carbonyl (C=O) groups is 1. The van der Waals surface area contributed by atoms with Gasteiger partial charge in [0.15, 0.2) is 0 Å². The highest BCUT2D eigenvalue weighted by Gasteiger charge is 2.31. The fourth-order valence-electron chi connectivity index (χ4n) is 2.57. The van der Waals surface area contributed by atoms with E-state index in [4.69, 9.17) is 16.3 Å². The van der Waals surface area contributed by atoms with Crippen LogP contribution in [0.2, 0.25) is 5.02 Å². The van der Waals surface area contributed by atoms with Gasteiger partial charge in [0.1, 0.15) is 11.8 Å². The van der Waals surface area contributed by atoms with E-state index < -0.39 is 22.0 Å². The molecular weight excluding hydrogens is 376 g/mol. The average molecular weight is 397 g/mol. The summed E-state index contributed by atoms with van der Waals surface area (Å²) in [7, 11) is -2.36. The van der Waals surface area contributed by atoms with Crippen molar-refractivity contribution in [2.45, 2.75) is 19.9 Å². The van der Waals surface area contributed by atoms with E-state index in [9.17, 15) is 13.2 Å². The molecule has 0 fully saturated rings. The van der Waals surface area contributed by atoms with E-state index in [0.717, 1.165) is 16.1 Å². The number of ether oxygens (including phenoxy) is 1. The topological polar surface area (TPSA) is 75.7 Å². The number of anilines is 2. The lowest BCUT2D eigenvalue weighted by Gasteiger charge is -2.29.